The summed E-state index contributed by atoms with van der Waals surface area (Å²) in [4.78, 5) is 12.2. The van der Waals surface area contributed by atoms with Crippen molar-refractivity contribution in [3.05, 3.63) is 23.6 Å². The number of fused-ring (bicyclic) bond motifs is 1. The highest BCUT2D eigenvalue weighted by Gasteiger charge is 2.38. The molecule has 2 unspecified atom stereocenters. The van der Waals surface area contributed by atoms with Crippen molar-refractivity contribution in [3.8, 4) is 0 Å². The lowest BCUT2D eigenvalue weighted by Crippen LogP contribution is -2.25. The van der Waals surface area contributed by atoms with Gasteiger partial charge < -0.3 is 14.2 Å². The summed E-state index contributed by atoms with van der Waals surface area (Å²) < 4.78 is 12.8. The van der Waals surface area contributed by atoms with Crippen LogP contribution in [-0.4, -0.2) is 44.5 Å². The predicted molar refractivity (Wildman–Crippen MR) is 94.1 cm³/mol. The van der Waals surface area contributed by atoms with Crippen molar-refractivity contribution >= 4 is 21.4 Å². The number of aryl methyl sites for hydroxylation is 1. The molecule has 2 atom stereocenters. The molecule has 0 bridgehead atoms. The van der Waals surface area contributed by atoms with Crippen LogP contribution in [0, 0.1) is 6.92 Å². The average molecular weight is 362 g/mol. The van der Waals surface area contributed by atoms with Gasteiger partial charge in [0.1, 0.15) is 6.04 Å². The maximum Gasteiger partial charge on any atom is 0.249 e. The van der Waals surface area contributed by atoms with Gasteiger partial charge in [0, 0.05) is 25.5 Å². The fourth-order valence-corrected chi connectivity index (χ4v) is 3.97. The summed E-state index contributed by atoms with van der Waals surface area (Å²) in [6.07, 6.45) is 2.91. The van der Waals surface area contributed by atoms with Gasteiger partial charge in [-0.15, -0.1) is 5.10 Å². The van der Waals surface area contributed by atoms with E-state index in [2.05, 4.69) is 35.8 Å². The Labute approximate surface area is 149 Å². The van der Waals surface area contributed by atoms with Crippen molar-refractivity contribution in [2.45, 2.75) is 51.7 Å². The van der Waals surface area contributed by atoms with Crippen molar-refractivity contribution in [3.63, 3.8) is 0 Å². The Morgan fingerprint density at radius 2 is 2.12 bits per heavy atom. The number of nitrogens with zero attached hydrogens (tertiary/aromatic N) is 6. The van der Waals surface area contributed by atoms with Crippen molar-refractivity contribution in [2.75, 3.05) is 18.6 Å². The highest BCUT2D eigenvalue weighted by molar-refractivity contribution is 7.20. The summed E-state index contributed by atoms with van der Waals surface area (Å²) in [5.74, 6) is 1.25. The quantitative estimate of drug-likeness (QED) is 0.708. The molecular weight excluding hydrogens is 340 g/mol. The second kappa shape index (κ2) is 5.77. The first-order chi connectivity index (χ1) is 11.8. The SMILES string of the molecule is COC1CC(c2nc(C)no2)N(c2nn3cc(C(C)(C)C)nc3s2)C1. The van der Waals surface area contributed by atoms with Gasteiger partial charge in [0.2, 0.25) is 16.0 Å². The summed E-state index contributed by atoms with van der Waals surface area (Å²) in [5.41, 5.74) is 1.05. The molecule has 4 heterocycles. The zero-order valence-corrected chi connectivity index (χ0v) is 15.9. The molecule has 3 aromatic rings. The van der Waals surface area contributed by atoms with Crippen LogP contribution in [0.5, 0.6) is 0 Å². The molecule has 1 fully saturated rings. The molecule has 1 saturated heterocycles. The molecule has 0 N–H and O–H groups in total. The van der Waals surface area contributed by atoms with Gasteiger partial charge >= 0.3 is 0 Å². The number of methoxy groups -OCH3 is 1. The van der Waals surface area contributed by atoms with E-state index in [0.717, 1.165) is 28.8 Å². The molecule has 1 aliphatic heterocycles. The third-order valence-corrected chi connectivity index (χ3v) is 5.43. The maximum absolute atomic E-state index is 5.56. The van der Waals surface area contributed by atoms with E-state index < -0.39 is 0 Å². The molecule has 3 aromatic heterocycles. The van der Waals surface area contributed by atoms with Crippen LogP contribution in [0.15, 0.2) is 10.7 Å². The molecule has 4 rings (SSSR count). The van der Waals surface area contributed by atoms with E-state index in [0.29, 0.717) is 11.7 Å². The Bertz CT molecular complexity index is 861. The lowest BCUT2D eigenvalue weighted by molar-refractivity contribution is 0.117. The molecule has 25 heavy (non-hydrogen) atoms. The largest absolute Gasteiger partial charge is 0.380 e. The van der Waals surface area contributed by atoms with E-state index in [-0.39, 0.29) is 17.6 Å². The van der Waals surface area contributed by atoms with E-state index in [1.54, 1.807) is 18.4 Å². The lowest BCUT2D eigenvalue weighted by Gasteiger charge is -2.19. The maximum atomic E-state index is 5.56. The summed E-state index contributed by atoms with van der Waals surface area (Å²) in [7, 11) is 1.73. The first kappa shape index (κ1) is 16.5. The molecule has 9 heteroatoms. The Morgan fingerprint density at radius 1 is 1.32 bits per heavy atom. The van der Waals surface area contributed by atoms with Crippen molar-refractivity contribution < 1.29 is 9.26 Å². The molecule has 134 valence electrons. The fraction of sp³-hybridized carbons (Fsp3) is 0.625. The second-order valence-corrected chi connectivity index (χ2v) is 8.36. The zero-order valence-electron chi connectivity index (χ0n) is 15.1. The van der Waals surface area contributed by atoms with Crippen LogP contribution >= 0.6 is 11.3 Å². The molecule has 0 aromatic carbocycles. The Balaban J connectivity index is 1.68. The normalized spacial score (nSPS) is 21.6. The van der Waals surface area contributed by atoms with Gasteiger partial charge in [0.25, 0.3) is 0 Å². The second-order valence-electron chi connectivity index (χ2n) is 7.43. The Hall–Kier alpha value is -2.00. The fourth-order valence-electron chi connectivity index (χ4n) is 3.03. The van der Waals surface area contributed by atoms with Crippen LogP contribution in [0.25, 0.3) is 4.96 Å². The summed E-state index contributed by atoms with van der Waals surface area (Å²) in [5, 5.41) is 9.55. The standard InChI is InChI=1S/C16H22N6O2S/c1-9-17-13(24-20-9)11-6-10(23-5)7-21(11)15-19-22-8-12(16(2,3)4)18-14(22)25-15/h8,10-11H,6-7H2,1-5H3. The van der Waals surface area contributed by atoms with E-state index >= 15 is 0 Å². The highest BCUT2D eigenvalue weighted by Crippen LogP contribution is 2.38. The summed E-state index contributed by atoms with van der Waals surface area (Å²) in [6.45, 7) is 9.02. The lowest BCUT2D eigenvalue weighted by atomic mass is 9.93. The third kappa shape index (κ3) is 2.91. The Morgan fingerprint density at radius 3 is 2.72 bits per heavy atom. The van der Waals surface area contributed by atoms with Gasteiger partial charge in [-0.25, -0.2) is 9.50 Å². The van der Waals surface area contributed by atoms with Crippen LogP contribution in [0.2, 0.25) is 0 Å². The molecule has 0 spiro atoms. The van der Waals surface area contributed by atoms with E-state index in [9.17, 15) is 0 Å². The number of imidazole rings is 1. The van der Waals surface area contributed by atoms with Crippen LogP contribution in [0.1, 0.15) is 50.6 Å². The molecule has 0 saturated carbocycles. The van der Waals surface area contributed by atoms with E-state index in [1.807, 2.05) is 17.6 Å². The number of hydrogen-bond donors (Lipinski definition) is 0. The van der Waals surface area contributed by atoms with Gasteiger partial charge in [-0.1, -0.05) is 37.3 Å². The van der Waals surface area contributed by atoms with Gasteiger partial charge in [0.15, 0.2) is 5.82 Å². The minimum Gasteiger partial charge on any atom is -0.380 e. The van der Waals surface area contributed by atoms with Crippen molar-refractivity contribution in [2.24, 2.45) is 0 Å². The first-order valence-electron chi connectivity index (χ1n) is 8.31. The van der Waals surface area contributed by atoms with E-state index in [1.165, 1.54) is 0 Å². The zero-order chi connectivity index (χ0) is 17.8. The van der Waals surface area contributed by atoms with Crippen molar-refractivity contribution in [1.82, 2.24) is 24.7 Å². The van der Waals surface area contributed by atoms with Crippen molar-refractivity contribution in [1.29, 1.82) is 0 Å². The first-order valence-corrected chi connectivity index (χ1v) is 9.13. The predicted octanol–water partition coefficient (Wildman–Crippen LogP) is 2.75. The number of hydrogen-bond acceptors (Lipinski definition) is 8. The molecule has 0 amide bonds. The molecule has 1 aliphatic rings. The number of ether oxygens (including phenoxy) is 1. The van der Waals surface area contributed by atoms with Crippen LogP contribution in [-0.2, 0) is 10.2 Å². The molecule has 8 nitrogen and oxygen atoms in total. The van der Waals surface area contributed by atoms with Gasteiger partial charge in [0.05, 0.1) is 18.0 Å². The van der Waals surface area contributed by atoms with Crippen LogP contribution in [0.4, 0.5) is 5.13 Å². The van der Waals surface area contributed by atoms with Crippen LogP contribution < -0.4 is 4.90 Å². The smallest absolute Gasteiger partial charge is 0.249 e. The van der Waals surface area contributed by atoms with Crippen LogP contribution in [0.3, 0.4) is 0 Å². The number of rotatable bonds is 3. The van der Waals surface area contributed by atoms with Gasteiger partial charge in [-0.2, -0.15) is 4.98 Å². The molecule has 0 radical (unpaired) electrons. The summed E-state index contributed by atoms with van der Waals surface area (Å²) >= 11 is 1.57. The van der Waals surface area contributed by atoms with Gasteiger partial charge in [-0.3, -0.25) is 0 Å². The third-order valence-electron chi connectivity index (χ3n) is 4.47. The number of aromatic nitrogens is 5. The van der Waals surface area contributed by atoms with Gasteiger partial charge in [-0.05, 0) is 6.92 Å². The average Bonchev–Trinajstić information content (AvgIpc) is 3.26. The highest BCUT2D eigenvalue weighted by atomic mass is 32.1. The topological polar surface area (TPSA) is 81.6 Å². The molecular formula is C16H22N6O2S. The van der Waals surface area contributed by atoms with E-state index in [4.69, 9.17) is 19.3 Å². The number of anilines is 1. The monoisotopic (exact) mass is 362 g/mol. The minimum atomic E-state index is -0.0240. The minimum absolute atomic E-state index is 0.00614. The molecule has 0 aliphatic carbocycles. The Kier molecular flexibility index (Phi) is 3.80. The summed E-state index contributed by atoms with van der Waals surface area (Å²) in [6, 6.07) is -0.0240.